The van der Waals surface area contributed by atoms with Crippen molar-refractivity contribution in [3.05, 3.63) is 82.2 Å². The lowest BCUT2D eigenvalue weighted by molar-refractivity contribution is 0.494. The molecule has 1 heterocycles. The molecule has 134 valence electrons. The molecule has 0 amide bonds. The molecule has 5 nitrogen and oxygen atoms in total. The van der Waals surface area contributed by atoms with Gasteiger partial charge in [-0.2, -0.15) is 0 Å². The molecule has 0 atom stereocenters. The van der Waals surface area contributed by atoms with E-state index in [4.69, 9.17) is 4.42 Å². The van der Waals surface area contributed by atoms with Gasteiger partial charge in [-0.1, -0.05) is 33.6 Å². The van der Waals surface area contributed by atoms with Crippen LogP contribution in [0.15, 0.2) is 79.4 Å². The highest BCUT2D eigenvalue weighted by Crippen LogP contribution is 2.16. The molecule has 0 aliphatic rings. The van der Waals surface area contributed by atoms with Crippen LogP contribution in [0, 0.1) is 6.92 Å². The lowest BCUT2D eigenvalue weighted by Gasteiger charge is -2.05. The van der Waals surface area contributed by atoms with Crippen LogP contribution in [0.25, 0.3) is 0 Å². The van der Waals surface area contributed by atoms with Crippen LogP contribution in [-0.4, -0.2) is 14.6 Å². The molecular weight excluding hydrogens is 416 g/mol. The van der Waals surface area contributed by atoms with E-state index in [-0.39, 0.29) is 11.4 Å². The van der Waals surface area contributed by atoms with E-state index in [0.717, 1.165) is 10.2 Å². The monoisotopic (exact) mass is 432 g/mol. The summed E-state index contributed by atoms with van der Waals surface area (Å²) < 4.78 is 33.5. The molecule has 0 saturated carbocycles. The molecule has 2 aromatic carbocycles. The van der Waals surface area contributed by atoms with Gasteiger partial charge in [0.1, 0.15) is 11.5 Å². The number of furan rings is 1. The molecule has 7 heteroatoms. The van der Waals surface area contributed by atoms with Gasteiger partial charge in [-0.25, -0.2) is 13.1 Å². The predicted molar refractivity (Wildman–Crippen MR) is 105 cm³/mol. The van der Waals surface area contributed by atoms with Crippen molar-refractivity contribution in [3.63, 3.8) is 0 Å². The minimum absolute atomic E-state index is 0.0662. The van der Waals surface area contributed by atoms with Gasteiger partial charge in [0.15, 0.2) is 0 Å². The lowest BCUT2D eigenvalue weighted by Crippen LogP contribution is -2.22. The number of aliphatic imine (C=N–C) groups is 1. The van der Waals surface area contributed by atoms with Gasteiger partial charge in [0.05, 0.1) is 23.3 Å². The second-order valence-electron chi connectivity index (χ2n) is 5.68. The van der Waals surface area contributed by atoms with Crippen LogP contribution < -0.4 is 4.72 Å². The first-order valence-corrected chi connectivity index (χ1v) is 10.1. The largest absolute Gasteiger partial charge is 0.459 e. The van der Waals surface area contributed by atoms with Gasteiger partial charge in [-0.3, -0.25) is 4.99 Å². The summed E-state index contributed by atoms with van der Waals surface area (Å²) in [6, 6.07) is 17.7. The average molecular weight is 433 g/mol. The smallest absolute Gasteiger partial charge is 0.240 e. The molecule has 0 aliphatic carbocycles. The van der Waals surface area contributed by atoms with Gasteiger partial charge >= 0.3 is 0 Å². The zero-order valence-corrected chi connectivity index (χ0v) is 16.4. The molecule has 0 saturated heterocycles. The van der Waals surface area contributed by atoms with Crippen molar-refractivity contribution in [1.82, 2.24) is 4.72 Å². The summed E-state index contributed by atoms with van der Waals surface area (Å²) in [6.45, 7) is 2.08. The summed E-state index contributed by atoms with van der Waals surface area (Å²) in [5.41, 5.74) is 1.99. The third kappa shape index (κ3) is 4.91. The van der Waals surface area contributed by atoms with Crippen molar-refractivity contribution in [2.75, 3.05) is 0 Å². The van der Waals surface area contributed by atoms with Crippen LogP contribution in [0.5, 0.6) is 0 Å². The molecule has 3 rings (SSSR count). The fourth-order valence-corrected chi connectivity index (χ4v) is 3.45. The molecule has 0 fully saturated rings. The van der Waals surface area contributed by atoms with Crippen molar-refractivity contribution in [2.45, 2.75) is 18.4 Å². The number of hydrogen-bond acceptors (Lipinski definition) is 4. The van der Waals surface area contributed by atoms with Crippen LogP contribution in [0.4, 0.5) is 5.69 Å². The van der Waals surface area contributed by atoms with E-state index in [1.165, 1.54) is 17.7 Å². The zero-order valence-electron chi connectivity index (χ0n) is 14.0. The van der Waals surface area contributed by atoms with Crippen molar-refractivity contribution in [2.24, 2.45) is 4.99 Å². The fraction of sp³-hybridized carbons (Fsp3) is 0.105. The second kappa shape index (κ2) is 7.99. The van der Waals surface area contributed by atoms with Crippen molar-refractivity contribution in [1.29, 1.82) is 0 Å². The van der Waals surface area contributed by atoms with Crippen LogP contribution in [0.3, 0.4) is 0 Å². The topological polar surface area (TPSA) is 71.7 Å². The quantitative estimate of drug-likeness (QED) is 0.579. The molecule has 0 bridgehead atoms. The molecule has 3 aromatic rings. The highest BCUT2D eigenvalue weighted by atomic mass is 79.9. The first-order chi connectivity index (χ1) is 12.4. The Hall–Kier alpha value is -2.22. The summed E-state index contributed by atoms with van der Waals surface area (Å²) in [5.74, 6) is 1.07. The summed E-state index contributed by atoms with van der Waals surface area (Å²) in [7, 11) is -3.59. The minimum atomic E-state index is -3.59. The maximum Gasteiger partial charge on any atom is 0.240 e. The van der Waals surface area contributed by atoms with Gasteiger partial charge in [0.2, 0.25) is 10.0 Å². The first kappa shape index (κ1) is 18.6. The zero-order chi connectivity index (χ0) is 18.6. The number of rotatable bonds is 6. The number of sulfonamides is 1. The summed E-state index contributed by atoms with van der Waals surface area (Å²) in [5, 5.41) is 0. The van der Waals surface area contributed by atoms with E-state index in [1.54, 1.807) is 30.5 Å². The number of nitrogens with zero attached hydrogens (tertiary/aromatic N) is 1. The van der Waals surface area contributed by atoms with Gasteiger partial charge in [-0.05, 0) is 55.5 Å². The second-order valence-corrected chi connectivity index (χ2v) is 8.36. The highest BCUT2D eigenvalue weighted by Gasteiger charge is 2.14. The van der Waals surface area contributed by atoms with Crippen LogP contribution in [0.1, 0.15) is 17.1 Å². The number of aryl methyl sites for hydroxylation is 1. The van der Waals surface area contributed by atoms with Crippen molar-refractivity contribution < 1.29 is 12.8 Å². The Bertz CT molecular complexity index is 1010. The summed E-state index contributed by atoms with van der Waals surface area (Å²) >= 11 is 3.28. The van der Waals surface area contributed by atoms with E-state index in [0.29, 0.717) is 11.5 Å². The SMILES string of the molecule is Cc1ccc(N=Cc2ccc(CNS(=O)(=O)c3ccc(Br)cc3)o2)cc1. The van der Waals surface area contributed by atoms with Crippen LogP contribution in [0.2, 0.25) is 0 Å². The Balaban J connectivity index is 1.63. The fourth-order valence-electron chi connectivity index (χ4n) is 2.19. The van der Waals surface area contributed by atoms with Crippen LogP contribution in [-0.2, 0) is 16.6 Å². The molecule has 0 unspecified atom stereocenters. The van der Waals surface area contributed by atoms with Gasteiger partial charge in [0.25, 0.3) is 0 Å². The molecule has 1 N–H and O–H groups in total. The van der Waals surface area contributed by atoms with Gasteiger partial charge in [-0.15, -0.1) is 0 Å². The maximum absolute atomic E-state index is 12.3. The highest BCUT2D eigenvalue weighted by molar-refractivity contribution is 9.10. The third-order valence-electron chi connectivity index (χ3n) is 3.62. The molecule has 0 spiro atoms. The Morgan fingerprint density at radius 3 is 2.42 bits per heavy atom. The average Bonchev–Trinajstić information content (AvgIpc) is 3.08. The van der Waals surface area contributed by atoms with E-state index in [9.17, 15) is 8.42 Å². The standard InChI is InChI=1S/C19H17BrN2O3S/c1-14-2-6-16(7-3-14)21-12-17-8-9-18(25-17)13-22-26(23,24)19-10-4-15(20)5-11-19/h2-12,22H,13H2,1H3. The summed E-state index contributed by atoms with van der Waals surface area (Å²) in [4.78, 5) is 4.54. The molecular formula is C19H17BrN2O3S. The Kier molecular flexibility index (Phi) is 5.70. The van der Waals surface area contributed by atoms with Crippen molar-refractivity contribution >= 4 is 37.9 Å². The number of hydrogen-bond donors (Lipinski definition) is 1. The molecule has 1 aromatic heterocycles. The van der Waals surface area contributed by atoms with Crippen LogP contribution >= 0.6 is 15.9 Å². The first-order valence-electron chi connectivity index (χ1n) is 7.87. The van der Waals surface area contributed by atoms with Crippen molar-refractivity contribution in [3.8, 4) is 0 Å². The van der Waals surface area contributed by atoms with E-state index in [2.05, 4.69) is 25.6 Å². The van der Waals surface area contributed by atoms with E-state index >= 15 is 0 Å². The Labute approximate surface area is 161 Å². The minimum Gasteiger partial charge on any atom is -0.459 e. The number of nitrogens with one attached hydrogen (secondary N) is 1. The maximum atomic E-state index is 12.3. The Morgan fingerprint density at radius 1 is 1.04 bits per heavy atom. The number of halogens is 1. The third-order valence-corrected chi connectivity index (χ3v) is 5.56. The van der Waals surface area contributed by atoms with E-state index < -0.39 is 10.0 Å². The molecule has 0 aliphatic heterocycles. The number of benzene rings is 2. The molecule has 0 radical (unpaired) electrons. The molecule has 26 heavy (non-hydrogen) atoms. The van der Waals surface area contributed by atoms with Gasteiger partial charge in [0, 0.05) is 4.47 Å². The van der Waals surface area contributed by atoms with Gasteiger partial charge < -0.3 is 4.42 Å². The normalized spacial score (nSPS) is 11.9. The summed E-state index contributed by atoms with van der Waals surface area (Å²) in [6.07, 6.45) is 1.61. The predicted octanol–water partition coefficient (Wildman–Crippen LogP) is 4.58. The van der Waals surface area contributed by atoms with E-state index in [1.807, 2.05) is 31.2 Å². The Morgan fingerprint density at radius 2 is 1.73 bits per heavy atom. The lowest BCUT2D eigenvalue weighted by atomic mass is 10.2.